The molecule has 5 rings (SSSR count). The van der Waals surface area contributed by atoms with Gasteiger partial charge in [-0.3, -0.25) is 14.4 Å². The molecule has 0 radical (unpaired) electrons. The average molecular weight is 430 g/mol. The van der Waals surface area contributed by atoms with E-state index in [1.54, 1.807) is 49.6 Å². The van der Waals surface area contributed by atoms with E-state index < -0.39 is 18.1 Å². The second-order valence-corrected chi connectivity index (χ2v) is 7.59. The van der Waals surface area contributed by atoms with Crippen LogP contribution in [0.2, 0.25) is 0 Å². The lowest BCUT2D eigenvalue weighted by Crippen LogP contribution is -2.37. The molecule has 7 heteroatoms. The monoisotopic (exact) mass is 430 g/mol. The Morgan fingerprint density at radius 1 is 0.750 bits per heavy atom. The molecule has 2 aliphatic heterocycles. The summed E-state index contributed by atoms with van der Waals surface area (Å²) in [6, 6.07) is 23.3. The fourth-order valence-corrected chi connectivity index (χ4v) is 4.51. The Kier molecular flexibility index (Phi) is 5.03. The molecule has 32 heavy (non-hydrogen) atoms. The molecule has 0 bridgehead atoms. The van der Waals surface area contributed by atoms with Gasteiger partial charge in [0, 0.05) is 5.56 Å². The Labute approximate surface area is 185 Å². The number of ether oxygens (including phenoxy) is 2. The highest BCUT2D eigenvalue weighted by atomic mass is 16.7. The van der Waals surface area contributed by atoms with Crippen molar-refractivity contribution in [1.29, 1.82) is 0 Å². The van der Waals surface area contributed by atoms with Crippen LogP contribution in [0, 0.1) is 5.92 Å². The Balaban J connectivity index is 1.65. The molecule has 2 aliphatic rings. The van der Waals surface area contributed by atoms with Crippen molar-refractivity contribution in [2.45, 2.75) is 12.1 Å². The van der Waals surface area contributed by atoms with Gasteiger partial charge in [-0.15, -0.1) is 0 Å². The van der Waals surface area contributed by atoms with Crippen LogP contribution in [-0.2, 0) is 14.4 Å². The molecule has 2 saturated heterocycles. The van der Waals surface area contributed by atoms with Crippen LogP contribution in [0.15, 0.2) is 78.9 Å². The normalized spacial score (nSPS) is 22.2. The molecule has 0 aliphatic carbocycles. The molecule has 3 atom stereocenters. The van der Waals surface area contributed by atoms with Gasteiger partial charge in [0.1, 0.15) is 12.0 Å². The smallest absolute Gasteiger partial charge is 0.266 e. The first kappa shape index (κ1) is 20.1. The molecule has 162 valence electrons. The number of carbonyl (C=O) groups excluding carboxylic acids is 2. The van der Waals surface area contributed by atoms with E-state index in [1.807, 2.05) is 48.5 Å². The van der Waals surface area contributed by atoms with Crippen molar-refractivity contribution in [3.63, 3.8) is 0 Å². The van der Waals surface area contributed by atoms with Gasteiger partial charge in [-0.2, -0.15) is 0 Å². The van der Waals surface area contributed by atoms with Crippen molar-refractivity contribution in [1.82, 2.24) is 0 Å². The summed E-state index contributed by atoms with van der Waals surface area (Å²) in [5.74, 6) is -0.387. The van der Waals surface area contributed by atoms with Crippen LogP contribution in [0.3, 0.4) is 0 Å². The van der Waals surface area contributed by atoms with E-state index in [0.717, 1.165) is 5.69 Å². The molecule has 2 fully saturated rings. The third-order valence-corrected chi connectivity index (χ3v) is 5.89. The molecule has 0 unspecified atom stereocenters. The van der Waals surface area contributed by atoms with Gasteiger partial charge in [0.25, 0.3) is 5.91 Å². The number of amides is 2. The molecular formula is C25H22N2O5. The molecule has 2 heterocycles. The summed E-state index contributed by atoms with van der Waals surface area (Å²) in [5.41, 5.74) is 1.98. The summed E-state index contributed by atoms with van der Waals surface area (Å²) in [5, 5.41) is 1.64. The standard InChI is InChI=1S/C25H22N2O5/c1-30-19-15-9-14-18(22(19)31-2)21-20-23(32-27(21)17-12-7-4-8-13-17)25(29)26(24(20)28)16-10-5-3-6-11-16/h3-15,20-21,23H,1-2H3/t20-,21+,23+/m1/s1. The molecule has 2 amide bonds. The number of hydroxylamine groups is 1. The van der Waals surface area contributed by atoms with Crippen molar-refractivity contribution in [2.75, 3.05) is 24.2 Å². The summed E-state index contributed by atoms with van der Waals surface area (Å²) in [7, 11) is 3.12. The minimum Gasteiger partial charge on any atom is -0.493 e. The number of carbonyl (C=O) groups is 2. The van der Waals surface area contributed by atoms with Crippen LogP contribution in [0.1, 0.15) is 11.6 Å². The number of fused-ring (bicyclic) bond motifs is 1. The highest BCUT2D eigenvalue weighted by Crippen LogP contribution is 2.50. The number of rotatable bonds is 5. The molecule has 0 spiro atoms. The zero-order valence-corrected chi connectivity index (χ0v) is 17.7. The third-order valence-electron chi connectivity index (χ3n) is 5.89. The topological polar surface area (TPSA) is 68.3 Å². The zero-order valence-electron chi connectivity index (χ0n) is 17.7. The number of methoxy groups -OCH3 is 2. The average Bonchev–Trinajstić information content (AvgIpc) is 3.35. The summed E-state index contributed by atoms with van der Waals surface area (Å²) in [6.07, 6.45) is -0.941. The van der Waals surface area contributed by atoms with E-state index in [1.165, 1.54) is 4.90 Å². The van der Waals surface area contributed by atoms with E-state index in [-0.39, 0.29) is 11.8 Å². The lowest BCUT2D eigenvalue weighted by molar-refractivity contribution is -0.126. The van der Waals surface area contributed by atoms with Crippen LogP contribution in [0.5, 0.6) is 11.5 Å². The van der Waals surface area contributed by atoms with Gasteiger partial charge in [-0.1, -0.05) is 48.5 Å². The number of anilines is 2. The minimum atomic E-state index is -0.941. The first-order chi connectivity index (χ1) is 15.7. The second-order valence-electron chi connectivity index (χ2n) is 7.59. The Morgan fingerprint density at radius 3 is 2.03 bits per heavy atom. The third kappa shape index (κ3) is 3.01. The number of para-hydroxylation sites is 3. The molecular weight excluding hydrogens is 408 g/mol. The lowest BCUT2D eigenvalue weighted by atomic mass is 9.89. The predicted molar refractivity (Wildman–Crippen MR) is 119 cm³/mol. The largest absolute Gasteiger partial charge is 0.493 e. The number of nitrogens with zero attached hydrogens (tertiary/aromatic N) is 2. The lowest BCUT2D eigenvalue weighted by Gasteiger charge is -2.30. The van der Waals surface area contributed by atoms with E-state index in [4.69, 9.17) is 14.3 Å². The summed E-state index contributed by atoms with van der Waals surface area (Å²) in [4.78, 5) is 34.4. The predicted octanol–water partition coefficient (Wildman–Crippen LogP) is 3.75. The fraction of sp³-hybridized carbons (Fsp3) is 0.200. The van der Waals surface area contributed by atoms with Gasteiger partial charge in [0.2, 0.25) is 5.91 Å². The summed E-state index contributed by atoms with van der Waals surface area (Å²) >= 11 is 0. The molecule has 3 aromatic carbocycles. The molecule has 0 saturated carbocycles. The fourth-order valence-electron chi connectivity index (χ4n) is 4.51. The first-order valence-corrected chi connectivity index (χ1v) is 10.3. The highest BCUT2D eigenvalue weighted by molar-refractivity contribution is 6.23. The van der Waals surface area contributed by atoms with Crippen molar-refractivity contribution in [3.05, 3.63) is 84.4 Å². The van der Waals surface area contributed by atoms with Crippen molar-refractivity contribution in [3.8, 4) is 11.5 Å². The maximum Gasteiger partial charge on any atom is 0.266 e. The van der Waals surface area contributed by atoms with Crippen molar-refractivity contribution in [2.24, 2.45) is 5.92 Å². The van der Waals surface area contributed by atoms with Gasteiger partial charge in [0.15, 0.2) is 17.6 Å². The second kappa shape index (κ2) is 8.01. The SMILES string of the molecule is COc1cccc([C@H]2[C@H]3C(=O)N(c4ccccc4)C(=O)[C@H]3ON2c2ccccc2)c1OC. The van der Waals surface area contributed by atoms with Crippen LogP contribution in [0.25, 0.3) is 0 Å². The Hall–Kier alpha value is -3.84. The van der Waals surface area contributed by atoms with Crippen molar-refractivity contribution >= 4 is 23.2 Å². The summed E-state index contributed by atoms with van der Waals surface area (Å²) in [6.45, 7) is 0. The number of benzene rings is 3. The Bertz CT molecular complexity index is 1150. The van der Waals surface area contributed by atoms with Gasteiger partial charge in [-0.25, -0.2) is 9.96 Å². The van der Waals surface area contributed by atoms with Crippen LogP contribution in [0.4, 0.5) is 11.4 Å². The van der Waals surface area contributed by atoms with Crippen LogP contribution >= 0.6 is 0 Å². The summed E-state index contributed by atoms with van der Waals surface area (Å²) < 4.78 is 11.1. The molecule has 0 N–H and O–H groups in total. The number of hydrogen-bond acceptors (Lipinski definition) is 6. The van der Waals surface area contributed by atoms with E-state index in [2.05, 4.69) is 0 Å². The maximum atomic E-state index is 13.6. The highest BCUT2D eigenvalue weighted by Gasteiger charge is 2.60. The van der Waals surface area contributed by atoms with Gasteiger partial charge >= 0.3 is 0 Å². The van der Waals surface area contributed by atoms with E-state index >= 15 is 0 Å². The first-order valence-electron chi connectivity index (χ1n) is 10.3. The van der Waals surface area contributed by atoms with Gasteiger partial charge < -0.3 is 9.47 Å². The molecule has 7 nitrogen and oxygen atoms in total. The quantitative estimate of drug-likeness (QED) is 0.575. The zero-order chi connectivity index (χ0) is 22.2. The van der Waals surface area contributed by atoms with Gasteiger partial charge in [0.05, 0.1) is 25.6 Å². The van der Waals surface area contributed by atoms with Crippen molar-refractivity contribution < 1.29 is 23.9 Å². The van der Waals surface area contributed by atoms with Gasteiger partial charge in [-0.05, 0) is 30.3 Å². The van der Waals surface area contributed by atoms with Crippen LogP contribution in [-0.4, -0.2) is 32.1 Å². The number of hydrogen-bond donors (Lipinski definition) is 0. The van der Waals surface area contributed by atoms with E-state index in [9.17, 15) is 9.59 Å². The minimum absolute atomic E-state index is 0.306. The maximum absolute atomic E-state index is 13.6. The Morgan fingerprint density at radius 2 is 1.41 bits per heavy atom. The van der Waals surface area contributed by atoms with Crippen LogP contribution < -0.4 is 19.4 Å². The molecule has 0 aromatic heterocycles. The number of imide groups is 1. The van der Waals surface area contributed by atoms with E-state index in [0.29, 0.717) is 22.7 Å². The molecule has 3 aromatic rings.